The first-order valence-corrected chi connectivity index (χ1v) is 5.45. The van der Waals surface area contributed by atoms with Crippen LogP contribution in [-0.4, -0.2) is 68.2 Å². The molecule has 0 aliphatic rings. The van der Waals surface area contributed by atoms with Gasteiger partial charge in [-0.15, -0.1) is 0 Å². The summed E-state index contributed by atoms with van der Waals surface area (Å²) in [6, 6.07) is -2.20. The number of hydroxylamine groups is 4. The van der Waals surface area contributed by atoms with E-state index in [1.807, 2.05) is 0 Å². The highest BCUT2D eigenvalue weighted by molar-refractivity contribution is 6.03. The molecule has 2 atom stereocenters. The van der Waals surface area contributed by atoms with Gasteiger partial charge in [0.05, 0.1) is 20.3 Å². The number of hydrogen-bond donors (Lipinski definition) is 2. The zero-order valence-corrected chi connectivity index (χ0v) is 11.7. The van der Waals surface area contributed by atoms with Gasteiger partial charge in [0.1, 0.15) is 0 Å². The molecule has 3 N–H and O–H groups in total. The number of amides is 3. The van der Waals surface area contributed by atoms with Crippen molar-refractivity contribution >= 4 is 17.7 Å². The summed E-state index contributed by atoms with van der Waals surface area (Å²) in [6.45, 7) is 1.48. The first-order chi connectivity index (χ1) is 8.76. The standard InChI is InChI=1S/C10H20N4O5/c1-6(9(16)13(2)18-4)12-7(8(11)15)10(17)14(3)19-5/h6-7,12H,1-5H3,(H2,11,15)/t6-,7?/m0/s1. The van der Waals surface area contributed by atoms with Crippen LogP contribution < -0.4 is 11.1 Å². The Bertz CT molecular complexity index is 349. The second-order valence-electron chi connectivity index (χ2n) is 3.76. The van der Waals surface area contributed by atoms with Crippen molar-refractivity contribution in [3.05, 3.63) is 0 Å². The van der Waals surface area contributed by atoms with E-state index in [9.17, 15) is 14.4 Å². The minimum atomic E-state index is -1.37. The molecule has 0 saturated carbocycles. The van der Waals surface area contributed by atoms with Crippen LogP contribution in [0.3, 0.4) is 0 Å². The monoisotopic (exact) mass is 276 g/mol. The van der Waals surface area contributed by atoms with Gasteiger partial charge in [-0.3, -0.25) is 29.4 Å². The molecular weight excluding hydrogens is 256 g/mol. The highest BCUT2D eigenvalue weighted by atomic mass is 16.7. The fourth-order valence-corrected chi connectivity index (χ4v) is 1.23. The largest absolute Gasteiger partial charge is 0.368 e. The Kier molecular flexibility index (Phi) is 6.98. The van der Waals surface area contributed by atoms with E-state index in [0.29, 0.717) is 0 Å². The van der Waals surface area contributed by atoms with Crippen LogP contribution in [0.2, 0.25) is 0 Å². The first kappa shape index (κ1) is 17.3. The average molecular weight is 276 g/mol. The van der Waals surface area contributed by atoms with Gasteiger partial charge in [0, 0.05) is 14.1 Å². The number of rotatable bonds is 7. The van der Waals surface area contributed by atoms with Crippen LogP contribution in [0.15, 0.2) is 0 Å². The molecule has 0 bridgehead atoms. The molecule has 9 nitrogen and oxygen atoms in total. The van der Waals surface area contributed by atoms with Crippen molar-refractivity contribution in [2.45, 2.75) is 19.0 Å². The van der Waals surface area contributed by atoms with Crippen molar-refractivity contribution in [2.75, 3.05) is 28.3 Å². The Hall–Kier alpha value is -1.71. The van der Waals surface area contributed by atoms with Gasteiger partial charge in [0.25, 0.3) is 11.8 Å². The van der Waals surface area contributed by atoms with Crippen molar-refractivity contribution in [3.63, 3.8) is 0 Å². The molecule has 19 heavy (non-hydrogen) atoms. The van der Waals surface area contributed by atoms with Gasteiger partial charge >= 0.3 is 0 Å². The number of hydrogen-bond acceptors (Lipinski definition) is 6. The summed E-state index contributed by atoms with van der Waals surface area (Å²) in [4.78, 5) is 44.2. The maximum Gasteiger partial charge on any atom is 0.272 e. The maximum absolute atomic E-state index is 11.8. The molecule has 0 radical (unpaired) electrons. The van der Waals surface area contributed by atoms with Crippen molar-refractivity contribution in [1.29, 1.82) is 0 Å². The van der Waals surface area contributed by atoms with Crippen LogP contribution in [0.25, 0.3) is 0 Å². The molecule has 1 unspecified atom stereocenters. The van der Waals surface area contributed by atoms with E-state index >= 15 is 0 Å². The molecule has 0 spiro atoms. The first-order valence-electron chi connectivity index (χ1n) is 5.45. The molecule has 3 amide bonds. The lowest BCUT2D eigenvalue weighted by atomic mass is 10.2. The summed E-state index contributed by atoms with van der Waals surface area (Å²) in [6.07, 6.45) is 0. The molecule has 0 rings (SSSR count). The molecule has 0 aromatic rings. The Morgan fingerprint density at radius 3 is 1.84 bits per heavy atom. The number of carbonyl (C=O) groups is 3. The highest BCUT2D eigenvalue weighted by Crippen LogP contribution is 1.98. The van der Waals surface area contributed by atoms with Gasteiger partial charge in [-0.05, 0) is 6.92 Å². The molecule has 110 valence electrons. The highest BCUT2D eigenvalue weighted by Gasteiger charge is 2.31. The van der Waals surface area contributed by atoms with E-state index in [-0.39, 0.29) is 0 Å². The number of nitrogens with zero attached hydrogens (tertiary/aromatic N) is 2. The number of primary amides is 1. The van der Waals surface area contributed by atoms with Crippen molar-refractivity contribution in [1.82, 2.24) is 15.4 Å². The lowest BCUT2D eigenvalue weighted by Gasteiger charge is -2.25. The van der Waals surface area contributed by atoms with E-state index < -0.39 is 29.8 Å². The van der Waals surface area contributed by atoms with Gasteiger partial charge in [-0.25, -0.2) is 10.1 Å². The maximum atomic E-state index is 11.8. The molecular formula is C10H20N4O5. The van der Waals surface area contributed by atoms with E-state index in [0.717, 1.165) is 10.1 Å². The molecule has 0 saturated heterocycles. The molecule has 0 aromatic carbocycles. The average Bonchev–Trinajstić information content (AvgIpc) is 2.40. The van der Waals surface area contributed by atoms with Gasteiger partial charge < -0.3 is 5.73 Å². The number of nitrogens with one attached hydrogen (secondary N) is 1. The third-order valence-corrected chi connectivity index (χ3v) is 2.49. The smallest absolute Gasteiger partial charge is 0.272 e. The van der Waals surface area contributed by atoms with Crippen molar-refractivity contribution in [3.8, 4) is 0 Å². The summed E-state index contributed by atoms with van der Waals surface area (Å²) >= 11 is 0. The number of carbonyl (C=O) groups excluding carboxylic acids is 3. The van der Waals surface area contributed by atoms with E-state index in [4.69, 9.17) is 10.6 Å². The summed E-state index contributed by atoms with van der Waals surface area (Å²) < 4.78 is 0. The van der Waals surface area contributed by atoms with E-state index in [1.54, 1.807) is 0 Å². The van der Waals surface area contributed by atoms with Gasteiger partial charge in [-0.2, -0.15) is 0 Å². The summed E-state index contributed by atoms with van der Waals surface area (Å²) in [7, 11) is 5.32. The Labute approximate surface area is 111 Å². The normalized spacial score (nSPS) is 13.5. The lowest BCUT2D eigenvalue weighted by molar-refractivity contribution is -0.174. The zero-order valence-electron chi connectivity index (χ0n) is 11.7. The van der Waals surface area contributed by atoms with Crippen molar-refractivity contribution < 1.29 is 24.1 Å². The number of likely N-dealkylation sites (N-methyl/N-ethyl adjacent to an activating group) is 2. The summed E-state index contributed by atoms with van der Waals surface area (Å²) in [5.41, 5.74) is 5.13. The molecule has 0 aromatic heterocycles. The topological polar surface area (TPSA) is 114 Å². The second kappa shape index (κ2) is 7.67. The van der Waals surface area contributed by atoms with Gasteiger partial charge in [0.15, 0.2) is 6.04 Å². The van der Waals surface area contributed by atoms with Gasteiger partial charge in [-0.1, -0.05) is 0 Å². The van der Waals surface area contributed by atoms with Crippen LogP contribution >= 0.6 is 0 Å². The zero-order chi connectivity index (χ0) is 15.2. The lowest BCUT2D eigenvalue weighted by Crippen LogP contribution is -2.57. The van der Waals surface area contributed by atoms with Crippen molar-refractivity contribution in [2.24, 2.45) is 5.73 Å². The van der Waals surface area contributed by atoms with Crippen LogP contribution in [0.4, 0.5) is 0 Å². The Balaban J connectivity index is 4.82. The third kappa shape index (κ3) is 4.81. The molecule has 0 fully saturated rings. The molecule has 0 aliphatic heterocycles. The third-order valence-electron chi connectivity index (χ3n) is 2.49. The fourth-order valence-electron chi connectivity index (χ4n) is 1.23. The van der Waals surface area contributed by atoms with Gasteiger partial charge in [0.2, 0.25) is 5.91 Å². The summed E-state index contributed by atoms with van der Waals surface area (Å²) in [5, 5.41) is 4.35. The molecule has 0 heterocycles. The molecule has 0 aliphatic carbocycles. The van der Waals surface area contributed by atoms with E-state index in [2.05, 4.69) is 10.2 Å². The Morgan fingerprint density at radius 2 is 1.47 bits per heavy atom. The van der Waals surface area contributed by atoms with Crippen LogP contribution in [0.5, 0.6) is 0 Å². The Morgan fingerprint density at radius 1 is 1.05 bits per heavy atom. The summed E-state index contributed by atoms with van der Waals surface area (Å²) in [5.74, 6) is -2.06. The van der Waals surface area contributed by atoms with Crippen LogP contribution in [0.1, 0.15) is 6.92 Å². The van der Waals surface area contributed by atoms with E-state index in [1.165, 1.54) is 35.2 Å². The second-order valence-corrected chi connectivity index (χ2v) is 3.76. The minimum absolute atomic E-state index is 0.457. The quantitative estimate of drug-likeness (QED) is 0.405. The predicted octanol–water partition coefficient (Wildman–Crippen LogP) is -2.14. The fraction of sp³-hybridized carbons (Fsp3) is 0.700. The number of nitrogens with two attached hydrogens (primary N) is 1. The van der Waals surface area contributed by atoms with Crippen LogP contribution in [-0.2, 0) is 24.1 Å². The SMILES string of the molecule is CON(C)C(=O)C(N[C@@H](C)C(=O)N(C)OC)C(N)=O. The van der Waals surface area contributed by atoms with Crippen LogP contribution in [0, 0.1) is 0 Å². The molecule has 9 heteroatoms. The predicted molar refractivity (Wildman–Crippen MR) is 65.1 cm³/mol. The minimum Gasteiger partial charge on any atom is -0.368 e.